The lowest BCUT2D eigenvalue weighted by Gasteiger charge is -2.23. The third kappa shape index (κ3) is 2.66. The Balaban J connectivity index is 1.79. The average Bonchev–Trinajstić information content (AvgIpc) is 2.90. The largest absolute Gasteiger partial charge is 0.486 e. The lowest BCUT2D eigenvalue weighted by Crippen LogP contribution is -2.21. The average molecular weight is 269 g/mol. The normalized spacial score (nSPS) is 22.5. The van der Waals surface area contributed by atoms with E-state index in [2.05, 4.69) is 5.32 Å². The molecule has 1 saturated heterocycles. The van der Waals surface area contributed by atoms with Crippen LogP contribution in [0.4, 0.5) is 8.78 Å². The van der Waals surface area contributed by atoms with Crippen molar-refractivity contribution < 1.29 is 18.3 Å². The number of benzene rings is 1. The van der Waals surface area contributed by atoms with Crippen molar-refractivity contribution in [1.82, 2.24) is 5.32 Å². The zero-order valence-electron chi connectivity index (χ0n) is 10.6. The van der Waals surface area contributed by atoms with Crippen LogP contribution in [0, 0.1) is 5.92 Å². The zero-order valence-corrected chi connectivity index (χ0v) is 10.6. The molecular weight excluding hydrogens is 252 g/mol. The van der Waals surface area contributed by atoms with Crippen LogP contribution in [-0.4, -0.2) is 26.3 Å². The molecule has 3 nitrogen and oxygen atoms in total. The fourth-order valence-corrected chi connectivity index (χ4v) is 2.64. The molecular formula is C14H17F2NO2. The Morgan fingerprint density at radius 1 is 1.21 bits per heavy atom. The predicted molar refractivity (Wildman–Crippen MR) is 66.9 cm³/mol. The topological polar surface area (TPSA) is 30.5 Å². The second kappa shape index (κ2) is 4.96. The third-order valence-electron chi connectivity index (χ3n) is 3.67. The van der Waals surface area contributed by atoms with Gasteiger partial charge in [0.25, 0.3) is 5.92 Å². The van der Waals surface area contributed by atoms with Gasteiger partial charge < -0.3 is 14.8 Å². The van der Waals surface area contributed by atoms with Gasteiger partial charge in [-0.25, -0.2) is 8.78 Å². The van der Waals surface area contributed by atoms with Crippen molar-refractivity contribution in [3.63, 3.8) is 0 Å². The first-order valence-corrected chi connectivity index (χ1v) is 6.64. The first-order chi connectivity index (χ1) is 9.15. The van der Waals surface area contributed by atoms with Gasteiger partial charge in [-0.3, -0.25) is 0 Å². The SMILES string of the molecule is FC(F)(CC1CCNC1)c1ccc2c(c1)OCCO2. The number of halogens is 2. The number of rotatable bonds is 3. The van der Waals surface area contributed by atoms with Gasteiger partial charge in [-0.2, -0.15) is 0 Å². The fraction of sp³-hybridized carbons (Fsp3) is 0.571. The highest BCUT2D eigenvalue weighted by Gasteiger charge is 2.36. The molecule has 3 rings (SSSR count). The Kier molecular flexibility index (Phi) is 3.31. The lowest BCUT2D eigenvalue weighted by atomic mass is 9.95. The van der Waals surface area contributed by atoms with Gasteiger partial charge in [-0.1, -0.05) is 0 Å². The Morgan fingerprint density at radius 3 is 2.74 bits per heavy atom. The molecule has 2 aliphatic heterocycles. The smallest absolute Gasteiger partial charge is 0.273 e. The molecule has 104 valence electrons. The van der Waals surface area contributed by atoms with E-state index in [4.69, 9.17) is 9.47 Å². The van der Waals surface area contributed by atoms with Gasteiger partial charge >= 0.3 is 0 Å². The Bertz CT molecular complexity index is 459. The van der Waals surface area contributed by atoms with Gasteiger partial charge in [0.05, 0.1) is 0 Å². The van der Waals surface area contributed by atoms with Crippen molar-refractivity contribution in [2.24, 2.45) is 5.92 Å². The third-order valence-corrected chi connectivity index (χ3v) is 3.67. The first kappa shape index (κ1) is 12.7. The van der Waals surface area contributed by atoms with E-state index in [1.54, 1.807) is 6.07 Å². The minimum atomic E-state index is -2.81. The molecule has 2 aliphatic rings. The molecule has 0 aliphatic carbocycles. The van der Waals surface area contributed by atoms with Gasteiger partial charge in [0.2, 0.25) is 0 Å². The molecule has 19 heavy (non-hydrogen) atoms. The molecule has 0 amide bonds. The van der Waals surface area contributed by atoms with E-state index in [0.29, 0.717) is 31.3 Å². The molecule has 0 radical (unpaired) electrons. The maximum atomic E-state index is 14.3. The van der Waals surface area contributed by atoms with Crippen LogP contribution in [0.1, 0.15) is 18.4 Å². The summed E-state index contributed by atoms with van der Waals surface area (Å²) >= 11 is 0. The maximum Gasteiger partial charge on any atom is 0.273 e. The van der Waals surface area contributed by atoms with Crippen molar-refractivity contribution in [2.75, 3.05) is 26.3 Å². The van der Waals surface area contributed by atoms with Gasteiger partial charge in [-0.15, -0.1) is 0 Å². The minimum Gasteiger partial charge on any atom is -0.486 e. The molecule has 1 fully saturated rings. The fourth-order valence-electron chi connectivity index (χ4n) is 2.64. The van der Waals surface area contributed by atoms with E-state index in [-0.39, 0.29) is 17.9 Å². The van der Waals surface area contributed by atoms with Crippen LogP contribution in [-0.2, 0) is 5.92 Å². The zero-order chi connectivity index (χ0) is 13.3. The first-order valence-electron chi connectivity index (χ1n) is 6.64. The molecule has 1 aromatic carbocycles. The van der Waals surface area contributed by atoms with Gasteiger partial charge in [-0.05, 0) is 43.6 Å². The molecule has 2 heterocycles. The highest BCUT2D eigenvalue weighted by atomic mass is 19.3. The number of fused-ring (bicyclic) bond motifs is 1. The van der Waals surface area contributed by atoms with E-state index in [1.165, 1.54) is 12.1 Å². The van der Waals surface area contributed by atoms with Crippen LogP contribution in [0.25, 0.3) is 0 Å². The van der Waals surface area contributed by atoms with Crippen molar-refractivity contribution in [3.05, 3.63) is 23.8 Å². The molecule has 0 aromatic heterocycles. The lowest BCUT2D eigenvalue weighted by molar-refractivity contribution is -0.0271. The van der Waals surface area contributed by atoms with E-state index in [9.17, 15) is 8.78 Å². The van der Waals surface area contributed by atoms with Crippen LogP contribution >= 0.6 is 0 Å². The summed E-state index contributed by atoms with van der Waals surface area (Å²) in [5, 5.41) is 3.12. The Hall–Kier alpha value is -1.36. The van der Waals surface area contributed by atoms with E-state index >= 15 is 0 Å². The predicted octanol–water partition coefficient (Wildman–Crippen LogP) is 2.55. The van der Waals surface area contributed by atoms with E-state index in [1.807, 2.05) is 0 Å². The van der Waals surface area contributed by atoms with E-state index in [0.717, 1.165) is 13.0 Å². The summed E-state index contributed by atoms with van der Waals surface area (Å²) in [6.07, 6.45) is 0.708. The molecule has 5 heteroatoms. The summed E-state index contributed by atoms with van der Waals surface area (Å²) in [6, 6.07) is 4.43. The molecule has 1 atom stereocenters. The number of hydrogen-bond donors (Lipinski definition) is 1. The quantitative estimate of drug-likeness (QED) is 0.914. The molecule has 1 unspecified atom stereocenters. The number of ether oxygens (including phenoxy) is 2. The van der Waals surface area contributed by atoms with Crippen molar-refractivity contribution >= 4 is 0 Å². The summed E-state index contributed by atoms with van der Waals surface area (Å²) in [5.41, 5.74) is 0.0173. The summed E-state index contributed by atoms with van der Waals surface area (Å²) in [4.78, 5) is 0. The Morgan fingerprint density at radius 2 is 2.00 bits per heavy atom. The van der Waals surface area contributed by atoms with Crippen LogP contribution in [0.15, 0.2) is 18.2 Å². The van der Waals surface area contributed by atoms with Gasteiger partial charge in [0.15, 0.2) is 11.5 Å². The number of alkyl halides is 2. The van der Waals surface area contributed by atoms with Crippen LogP contribution in [0.3, 0.4) is 0 Å². The number of hydrogen-bond acceptors (Lipinski definition) is 3. The van der Waals surface area contributed by atoms with Gasteiger partial charge in [0.1, 0.15) is 13.2 Å². The van der Waals surface area contributed by atoms with Gasteiger partial charge in [0, 0.05) is 12.0 Å². The van der Waals surface area contributed by atoms with Crippen molar-refractivity contribution in [2.45, 2.75) is 18.8 Å². The van der Waals surface area contributed by atoms with E-state index < -0.39 is 5.92 Å². The van der Waals surface area contributed by atoms with Crippen LogP contribution in [0.2, 0.25) is 0 Å². The maximum absolute atomic E-state index is 14.3. The second-order valence-corrected chi connectivity index (χ2v) is 5.13. The standard InChI is InChI=1S/C14H17F2NO2/c15-14(16,8-10-3-4-17-9-10)11-1-2-12-13(7-11)19-6-5-18-12/h1-2,7,10,17H,3-6,8-9H2. The summed E-state index contributed by atoms with van der Waals surface area (Å²) in [6.45, 7) is 2.40. The van der Waals surface area contributed by atoms with Crippen molar-refractivity contribution in [1.29, 1.82) is 0 Å². The molecule has 0 saturated carbocycles. The highest BCUT2D eigenvalue weighted by Crippen LogP contribution is 2.40. The molecule has 0 spiro atoms. The molecule has 1 aromatic rings. The Labute approximate surface area is 110 Å². The number of nitrogens with one attached hydrogen (secondary N) is 1. The second-order valence-electron chi connectivity index (χ2n) is 5.13. The summed E-state index contributed by atoms with van der Waals surface area (Å²) < 4.78 is 39.2. The van der Waals surface area contributed by atoms with Crippen molar-refractivity contribution in [3.8, 4) is 11.5 Å². The summed E-state index contributed by atoms with van der Waals surface area (Å²) in [7, 11) is 0. The highest BCUT2D eigenvalue weighted by molar-refractivity contribution is 5.45. The van der Waals surface area contributed by atoms with Crippen LogP contribution < -0.4 is 14.8 Å². The van der Waals surface area contributed by atoms with Crippen LogP contribution in [0.5, 0.6) is 11.5 Å². The molecule has 1 N–H and O–H groups in total. The summed E-state index contributed by atoms with van der Waals surface area (Å²) in [5.74, 6) is -1.79. The monoisotopic (exact) mass is 269 g/mol. The molecule has 0 bridgehead atoms. The minimum absolute atomic E-state index is 0.0173.